The van der Waals surface area contributed by atoms with E-state index in [0.29, 0.717) is 6.04 Å². The molecule has 1 unspecified atom stereocenters. The first kappa shape index (κ1) is 12.7. The quantitative estimate of drug-likeness (QED) is 0.863. The molecule has 1 aromatic heterocycles. The Bertz CT molecular complexity index is 576. The van der Waals surface area contributed by atoms with Crippen LogP contribution in [0.25, 0.3) is 10.9 Å². The molecule has 0 bridgehead atoms. The summed E-state index contributed by atoms with van der Waals surface area (Å²) in [6, 6.07) is 8.45. The van der Waals surface area contributed by atoms with Gasteiger partial charge in [-0.1, -0.05) is 24.4 Å². The van der Waals surface area contributed by atoms with Gasteiger partial charge in [0.2, 0.25) is 0 Å². The largest absolute Gasteiger partial charge is 0.381 e. The second-order valence-electron chi connectivity index (χ2n) is 5.47. The van der Waals surface area contributed by atoms with E-state index in [1.165, 1.54) is 25.7 Å². The first-order chi connectivity index (χ1) is 9.25. The smallest absolute Gasteiger partial charge is 0.0948 e. The number of hydrogen-bond acceptors (Lipinski definition) is 2. The van der Waals surface area contributed by atoms with E-state index < -0.39 is 0 Å². The van der Waals surface area contributed by atoms with Crippen LogP contribution in [0.2, 0.25) is 5.02 Å². The normalized spacial score (nSPS) is 17.8. The number of hydrogen-bond donors (Lipinski definition) is 1. The molecule has 0 aliphatic heterocycles. The van der Waals surface area contributed by atoms with Crippen LogP contribution in [0, 0.1) is 5.92 Å². The van der Waals surface area contributed by atoms with Crippen molar-refractivity contribution in [2.45, 2.75) is 38.6 Å². The summed E-state index contributed by atoms with van der Waals surface area (Å²) < 4.78 is 0. The molecule has 19 heavy (non-hydrogen) atoms. The Labute approximate surface area is 119 Å². The average molecular weight is 275 g/mol. The van der Waals surface area contributed by atoms with Gasteiger partial charge in [-0.25, -0.2) is 0 Å². The highest BCUT2D eigenvalue weighted by Crippen LogP contribution is 2.32. The maximum atomic E-state index is 6.22. The second kappa shape index (κ2) is 5.38. The van der Waals surface area contributed by atoms with Crippen LogP contribution in [-0.2, 0) is 0 Å². The number of rotatable bonds is 3. The van der Waals surface area contributed by atoms with Gasteiger partial charge < -0.3 is 5.32 Å². The molecule has 1 atom stereocenters. The third-order valence-electron chi connectivity index (χ3n) is 4.21. The molecule has 1 aliphatic carbocycles. The molecule has 1 aromatic carbocycles. The highest BCUT2D eigenvalue weighted by atomic mass is 35.5. The van der Waals surface area contributed by atoms with Crippen LogP contribution >= 0.6 is 11.6 Å². The van der Waals surface area contributed by atoms with Gasteiger partial charge >= 0.3 is 0 Å². The lowest BCUT2D eigenvalue weighted by atomic mass is 9.99. The number of halogens is 1. The van der Waals surface area contributed by atoms with Crippen LogP contribution in [0.1, 0.15) is 32.6 Å². The van der Waals surface area contributed by atoms with Crippen molar-refractivity contribution in [1.82, 2.24) is 4.98 Å². The minimum atomic E-state index is 0.494. The number of nitrogens with zero attached hydrogens (tertiary/aromatic N) is 1. The summed E-state index contributed by atoms with van der Waals surface area (Å²) in [5.41, 5.74) is 2.07. The monoisotopic (exact) mass is 274 g/mol. The minimum Gasteiger partial charge on any atom is -0.381 e. The molecule has 1 aliphatic rings. The maximum absolute atomic E-state index is 6.22. The zero-order chi connectivity index (χ0) is 13.2. The molecule has 2 aromatic rings. The predicted molar refractivity (Wildman–Crippen MR) is 81.8 cm³/mol. The van der Waals surface area contributed by atoms with Crippen LogP contribution < -0.4 is 5.32 Å². The van der Waals surface area contributed by atoms with E-state index in [-0.39, 0.29) is 0 Å². The summed E-state index contributed by atoms with van der Waals surface area (Å²) >= 11 is 6.22. The summed E-state index contributed by atoms with van der Waals surface area (Å²) in [5, 5.41) is 5.42. The van der Waals surface area contributed by atoms with Crippen molar-refractivity contribution in [2.24, 2.45) is 5.92 Å². The number of nitrogens with one attached hydrogen (secondary N) is 1. The summed E-state index contributed by atoms with van der Waals surface area (Å²) in [5.74, 6) is 0.787. The number of benzene rings is 1. The standard InChI is InChI=1S/C16H19ClN2/c1-11(12-5-2-3-6-12)19-15-9-8-14(17)13-7-4-10-18-16(13)15/h4,7-12,19H,2-3,5-6H2,1H3. The van der Waals surface area contributed by atoms with Gasteiger partial charge in [-0.3, -0.25) is 4.98 Å². The average Bonchev–Trinajstić information content (AvgIpc) is 2.96. The number of aromatic nitrogens is 1. The molecule has 2 nitrogen and oxygen atoms in total. The van der Waals surface area contributed by atoms with Gasteiger partial charge in [-0.15, -0.1) is 0 Å². The van der Waals surface area contributed by atoms with Crippen LogP contribution in [0.5, 0.6) is 0 Å². The van der Waals surface area contributed by atoms with Gasteiger partial charge in [-0.05, 0) is 49.9 Å². The van der Waals surface area contributed by atoms with Crippen molar-refractivity contribution in [3.63, 3.8) is 0 Å². The Morgan fingerprint density at radius 3 is 2.84 bits per heavy atom. The highest BCUT2D eigenvalue weighted by Gasteiger charge is 2.21. The third-order valence-corrected chi connectivity index (χ3v) is 4.54. The molecule has 3 heteroatoms. The fourth-order valence-corrected chi connectivity index (χ4v) is 3.29. The fourth-order valence-electron chi connectivity index (χ4n) is 3.07. The van der Waals surface area contributed by atoms with Crippen molar-refractivity contribution >= 4 is 28.2 Å². The Morgan fingerprint density at radius 2 is 2.05 bits per heavy atom. The van der Waals surface area contributed by atoms with Gasteiger partial charge in [0.25, 0.3) is 0 Å². The molecule has 1 N–H and O–H groups in total. The summed E-state index contributed by atoms with van der Waals surface area (Å²) in [4.78, 5) is 4.47. The van der Waals surface area contributed by atoms with Crippen molar-refractivity contribution < 1.29 is 0 Å². The Kier molecular flexibility index (Phi) is 3.61. The van der Waals surface area contributed by atoms with Gasteiger partial charge in [0.1, 0.15) is 0 Å². The number of pyridine rings is 1. The molecule has 0 spiro atoms. The van der Waals surface area contributed by atoms with Crippen LogP contribution in [-0.4, -0.2) is 11.0 Å². The van der Waals surface area contributed by atoms with E-state index in [1.54, 1.807) is 0 Å². The molecule has 3 rings (SSSR count). The minimum absolute atomic E-state index is 0.494. The molecule has 0 radical (unpaired) electrons. The van der Waals surface area contributed by atoms with E-state index >= 15 is 0 Å². The van der Waals surface area contributed by atoms with E-state index in [9.17, 15) is 0 Å². The van der Waals surface area contributed by atoms with E-state index in [1.807, 2.05) is 30.5 Å². The lowest BCUT2D eigenvalue weighted by Gasteiger charge is -2.22. The summed E-state index contributed by atoms with van der Waals surface area (Å²) in [6.45, 7) is 2.28. The van der Waals surface area contributed by atoms with Crippen molar-refractivity contribution in [3.8, 4) is 0 Å². The molecular weight excluding hydrogens is 256 g/mol. The molecule has 1 saturated carbocycles. The van der Waals surface area contributed by atoms with E-state index in [4.69, 9.17) is 11.6 Å². The zero-order valence-electron chi connectivity index (χ0n) is 11.2. The number of fused-ring (bicyclic) bond motifs is 1. The first-order valence-corrected chi connectivity index (χ1v) is 7.43. The summed E-state index contributed by atoms with van der Waals surface area (Å²) in [6.07, 6.45) is 7.25. The lowest BCUT2D eigenvalue weighted by molar-refractivity contribution is 0.482. The molecule has 0 saturated heterocycles. The third kappa shape index (κ3) is 2.55. The Balaban J connectivity index is 1.90. The topological polar surface area (TPSA) is 24.9 Å². The van der Waals surface area contributed by atoms with Crippen LogP contribution in [0.15, 0.2) is 30.5 Å². The molecule has 1 fully saturated rings. The maximum Gasteiger partial charge on any atom is 0.0948 e. The predicted octanol–water partition coefficient (Wildman–Crippen LogP) is 4.88. The second-order valence-corrected chi connectivity index (χ2v) is 5.88. The molecule has 0 amide bonds. The van der Waals surface area contributed by atoms with Crippen molar-refractivity contribution in [2.75, 3.05) is 5.32 Å². The van der Waals surface area contributed by atoms with Crippen LogP contribution in [0.3, 0.4) is 0 Å². The highest BCUT2D eigenvalue weighted by molar-refractivity contribution is 6.35. The summed E-state index contributed by atoms with van der Waals surface area (Å²) in [7, 11) is 0. The van der Waals surface area contributed by atoms with E-state index in [2.05, 4.69) is 17.2 Å². The Hall–Kier alpha value is -1.28. The van der Waals surface area contributed by atoms with Gasteiger partial charge in [0.05, 0.1) is 16.2 Å². The first-order valence-electron chi connectivity index (χ1n) is 7.05. The molecule has 1 heterocycles. The van der Waals surface area contributed by atoms with Crippen molar-refractivity contribution in [3.05, 3.63) is 35.5 Å². The van der Waals surface area contributed by atoms with Crippen molar-refractivity contribution in [1.29, 1.82) is 0 Å². The zero-order valence-corrected chi connectivity index (χ0v) is 12.0. The van der Waals surface area contributed by atoms with Gasteiger partial charge in [0, 0.05) is 17.6 Å². The van der Waals surface area contributed by atoms with Crippen LogP contribution in [0.4, 0.5) is 5.69 Å². The lowest BCUT2D eigenvalue weighted by Crippen LogP contribution is -2.23. The van der Waals surface area contributed by atoms with Gasteiger partial charge in [-0.2, -0.15) is 0 Å². The van der Waals surface area contributed by atoms with E-state index in [0.717, 1.165) is 27.5 Å². The molecule has 100 valence electrons. The SMILES string of the molecule is CC(Nc1ccc(Cl)c2cccnc12)C1CCCC1. The van der Waals surface area contributed by atoms with Gasteiger partial charge in [0.15, 0.2) is 0 Å². The Morgan fingerprint density at radius 1 is 1.26 bits per heavy atom. The fraction of sp³-hybridized carbons (Fsp3) is 0.438. The number of anilines is 1. The molecular formula is C16H19ClN2.